The molecule has 0 spiro atoms. The summed E-state index contributed by atoms with van der Waals surface area (Å²) in [7, 11) is -5.22. The number of nitrogens with zero attached hydrogens (tertiary/aromatic N) is 6. The molecule has 0 bridgehead atoms. The Labute approximate surface area is 406 Å². The van der Waals surface area contributed by atoms with Crippen molar-refractivity contribution in [2.45, 2.75) is 61.9 Å². The van der Waals surface area contributed by atoms with Gasteiger partial charge in [0.15, 0.2) is 3.92 Å². The van der Waals surface area contributed by atoms with Crippen molar-refractivity contribution in [3.05, 3.63) is 124 Å². The molecule has 0 aliphatic rings. The van der Waals surface area contributed by atoms with Crippen LogP contribution in [0.3, 0.4) is 0 Å². The summed E-state index contributed by atoms with van der Waals surface area (Å²) in [5.41, 5.74) is 2.24. The number of hydrogen-bond donors (Lipinski definition) is 3. The van der Waals surface area contributed by atoms with Crippen LogP contribution in [0.2, 0.25) is 0 Å². The molecule has 2 aromatic heterocycles. The normalized spacial score (nSPS) is 12.5. The molecule has 68 heavy (non-hydrogen) atoms. The number of halogens is 1. The molecule has 2 heterocycles. The first-order valence-electron chi connectivity index (χ1n) is 20.9. The van der Waals surface area contributed by atoms with Gasteiger partial charge in [0, 0.05) is 26.2 Å². The summed E-state index contributed by atoms with van der Waals surface area (Å²) in [6.07, 6.45) is -2.28. The van der Waals surface area contributed by atoms with Crippen LogP contribution in [0.1, 0.15) is 37.5 Å². The van der Waals surface area contributed by atoms with Gasteiger partial charge in [-0.3, -0.25) is 0 Å². The minimum atomic E-state index is -4.96. The summed E-state index contributed by atoms with van der Waals surface area (Å²) in [6, 6.07) is 28.9. The fraction of sp³-hybridized carbons (Fsp3) is 0.283. The number of carbonyl (C=O) groups is 1. The van der Waals surface area contributed by atoms with Gasteiger partial charge < -0.3 is 29.4 Å². The Balaban J connectivity index is 1.43. The summed E-state index contributed by atoms with van der Waals surface area (Å²) in [6.45, 7) is 3.67. The van der Waals surface area contributed by atoms with Gasteiger partial charge in [-0.15, -0.1) is 21.5 Å². The van der Waals surface area contributed by atoms with Gasteiger partial charge in [-0.25, -0.2) is 31.3 Å². The fourth-order valence-corrected chi connectivity index (χ4v) is 11.8. The highest BCUT2D eigenvalue weighted by Gasteiger charge is 2.38. The Morgan fingerprint density at radius 3 is 1.94 bits per heavy atom. The number of benzene rings is 5. The molecule has 7 aromatic rings. The van der Waals surface area contributed by atoms with Crippen LogP contribution in [-0.2, 0) is 44.4 Å². The Morgan fingerprint density at radius 2 is 1.38 bits per heavy atom. The maximum Gasteiger partial charge on any atom is 0.407 e. The number of hydrogen-bond acceptors (Lipinski definition) is 15. The molecule has 0 unspecified atom stereocenters. The van der Waals surface area contributed by atoms with Crippen molar-refractivity contribution in [1.29, 1.82) is 0 Å². The van der Waals surface area contributed by atoms with Gasteiger partial charge in [-0.05, 0) is 124 Å². The van der Waals surface area contributed by atoms with Crippen LogP contribution < -0.4 is 24.2 Å². The number of rotatable bonds is 19. The minimum Gasteiger partial charge on any atom is -0.497 e. The van der Waals surface area contributed by atoms with Gasteiger partial charge in [0.05, 0.1) is 49.8 Å². The lowest BCUT2D eigenvalue weighted by atomic mass is 9.99. The lowest BCUT2D eigenvalue weighted by Gasteiger charge is -2.26. The number of aliphatic hydroxyl groups excluding tert-OH is 1. The molecule has 18 nitrogen and oxygen atoms in total. The predicted molar refractivity (Wildman–Crippen MR) is 260 cm³/mol. The molecule has 22 heteroatoms. The zero-order chi connectivity index (χ0) is 48.8. The molecule has 3 N–H and O–H groups in total. The number of sulfonamides is 2. The molecule has 0 aliphatic carbocycles. The van der Waals surface area contributed by atoms with Crippen LogP contribution >= 0.6 is 27.3 Å². The van der Waals surface area contributed by atoms with E-state index in [9.17, 15) is 18.3 Å². The van der Waals surface area contributed by atoms with Crippen molar-refractivity contribution in [2.24, 2.45) is 0 Å². The molecule has 0 radical (unpaired) electrons. The lowest BCUT2D eigenvalue weighted by Crippen LogP contribution is -2.42. The van der Waals surface area contributed by atoms with E-state index >= 15 is 8.42 Å². The quantitative estimate of drug-likeness (QED) is 0.0741. The number of aliphatic hydroxyl groups is 1. The topological polar surface area (TPSA) is 226 Å². The number of alkyl carbamates (subject to hydrolysis) is 1. The highest BCUT2D eigenvalue weighted by atomic mass is 79.9. The van der Waals surface area contributed by atoms with Gasteiger partial charge in [0.1, 0.15) is 32.6 Å². The van der Waals surface area contributed by atoms with E-state index in [4.69, 9.17) is 24.0 Å². The van der Waals surface area contributed by atoms with Crippen LogP contribution in [0.4, 0.5) is 4.79 Å². The second-order valence-electron chi connectivity index (χ2n) is 16.3. The van der Waals surface area contributed by atoms with Gasteiger partial charge in [0.2, 0.25) is 25.9 Å². The summed E-state index contributed by atoms with van der Waals surface area (Å²) >= 11 is 4.86. The number of amides is 1. The number of aromatic nitrogens is 5. The maximum absolute atomic E-state index is 16.0. The van der Waals surface area contributed by atoms with E-state index in [1.165, 1.54) is 46.8 Å². The van der Waals surface area contributed by atoms with Crippen LogP contribution in [-0.4, -0.2) is 104 Å². The third-order valence-corrected chi connectivity index (χ3v) is 15.2. The molecule has 1 atom stereocenters. The van der Waals surface area contributed by atoms with Gasteiger partial charge >= 0.3 is 6.09 Å². The van der Waals surface area contributed by atoms with E-state index in [2.05, 4.69) is 41.3 Å². The maximum atomic E-state index is 16.0. The first kappa shape index (κ1) is 49.9. The second-order valence-corrected chi connectivity index (χ2v) is 22.2. The first-order valence-corrected chi connectivity index (χ1v) is 25.4. The highest BCUT2D eigenvalue weighted by molar-refractivity contribution is 9.11. The van der Waals surface area contributed by atoms with Crippen molar-refractivity contribution in [2.75, 3.05) is 34.4 Å². The van der Waals surface area contributed by atoms with Gasteiger partial charge in [-0.1, -0.05) is 48.5 Å². The van der Waals surface area contributed by atoms with Crippen LogP contribution in [0.15, 0.2) is 117 Å². The van der Waals surface area contributed by atoms with E-state index in [0.717, 1.165) is 10.3 Å². The van der Waals surface area contributed by atoms with Crippen LogP contribution in [0, 0.1) is 0 Å². The number of thiazole rings is 1. The summed E-state index contributed by atoms with van der Waals surface area (Å²) in [5.74, 6) is 1.53. The molecular weight excluding hydrogens is 1000 g/mol. The average molecular weight is 1050 g/mol. The lowest BCUT2D eigenvalue weighted by molar-refractivity contribution is 0.0494. The smallest absolute Gasteiger partial charge is 0.407 e. The molecule has 0 aliphatic heterocycles. The number of tetrazole rings is 1. The zero-order valence-electron chi connectivity index (χ0n) is 37.8. The highest BCUT2D eigenvalue weighted by Crippen LogP contribution is 2.42. The Morgan fingerprint density at radius 1 is 0.809 bits per heavy atom. The van der Waals surface area contributed by atoms with Crippen molar-refractivity contribution in [3.8, 4) is 39.8 Å². The Kier molecular flexibility index (Phi) is 15.5. The summed E-state index contributed by atoms with van der Waals surface area (Å²) in [5, 5.41) is 26.7. The number of fused-ring (bicyclic) bond motifs is 1. The van der Waals surface area contributed by atoms with E-state index in [1.54, 1.807) is 101 Å². The Hall–Kier alpha value is -6.01. The number of methoxy groups -OCH3 is 3. The van der Waals surface area contributed by atoms with Crippen molar-refractivity contribution in [1.82, 2.24) is 39.5 Å². The Bertz CT molecular complexity index is 3060. The zero-order valence-corrected chi connectivity index (χ0v) is 41.9. The first-order chi connectivity index (χ1) is 32.3. The largest absolute Gasteiger partial charge is 0.497 e. The third kappa shape index (κ3) is 12.2. The second kappa shape index (κ2) is 21.1. The molecule has 7 rings (SSSR count). The van der Waals surface area contributed by atoms with E-state index in [0.29, 0.717) is 43.4 Å². The molecule has 5 aromatic carbocycles. The minimum absolute atomic E-state index is 0.114. The SMILES string of the molecule is COc1ccc(CN(Cc2ccc(OC)cc2)S(=O)(=O)c2c(S(=O)(=O)NC[C@H](O)CNC(=O)OC(C)(C)C)ccc(-c3ccc4sc(Br)nc4c3)c2-c2nnn(Cc3ccc(OC)cc3)n2)cc1. The van der Waals surface area contributed by atoms with E-state index in [-0.39, 0.29) is 43.1 Å². The van der Waals surface area contributed by atoms with Gasteiger partial charge in [0.25, 0.3) is 0 Å². The van der Waals surface area contributed by atoms with Crippen LogP contribution in [0.5, 0.6) is 17.2 Å². The summed E-state index contributed by atoms with van der Waals surface area (Å²) < 4.78 is 87.9. The van der Waals surface area contributed by atoms with E-state index in [1.807, 2.05) is 18.2 Å². The average Bonchev–Trinajstić information content (AvgIpc) is 3.94. The number of ether oxygens (including phenoxy) is 4. The molecule has 358 valence electrons. The molecule has 0 fully saturated rings. The van der Waals surface area contributed by atoms with Gasteiger partial charge in [-0.2, -0.15) is 9.10 Å². The monoisotopic (exact) mass is 1050 g/mol. The summed E-state index contributed by atoms with van der Waals surface area (Å²) in [4.78, 5) is 16.9. The third-order valence-electron chi connectivity index (χ3n) is 10.3. The predicted octanol–water partition coefficient (Wildman–Crippen LogP) is 7.01. The molecule has 0 saturated heterocycles. The fourth-order valence-electron chi connectivity index (χ4n) is 6.96. The van der Waals surface area contributed by atoms with Crippen molar-refractivity contribution in [3.63, 3.8) is 0 Å². The number of nitrogens with one attached hydrogen (secondary N) is 2. The molecule has 0 saturated carbocycles. The van der Waals surface area contributed by atoms with E-state index < -0.39 is 54.2 Å². The number of carbonyl (C=O) groups excluding carboxylic acids is 1. The van der Waals surface area contributed by atoms with Crippen molar-refractivity contribution >= 4 is 63.6 Å². The van der Waals surface area contributed by atoms with Crippen molar-refractivity contribution < 1.29 is 45.7 Å². The standard InChI is InChI=1S/C46H49BrN8O10S3/c1-46(2,3)65-45(57)48-24-33(56)25-49-67(58,59)40-22-20-37(32-13-21-39-38(23-32)50-44(47)66-39)41(43-51-53-55(52-43)28-31-11-18-36(64-6)19-12-31)42(40)68(60,61)54(26-29-7-14-34(62-4)15-8-29)27-30-9-16-35(63-5)17-10-30/h7-23,33,49,56H,24-28H2,1-6H3,(H,48,57)/t33-/m1/s1. The molecule has 1 amide bonds. The van der Waals surface area contributed by atoms with Crippen LogP contribution in [0.25, 0.3) is 32.7 Å². The molecular formula is C46H49BrN8O10S3.